The van der Waals surface area contributed by atoms with Gasteiger partial charge in [-0.3, -0.25) is 9.59 Å². The lowest BCUT2D eigenvalue weighted by Crippen LogP contribution is -2.41. The molecule has 0 radical (unpaired) electrons. The van der Waals surface area contributed by atoms with Gasteiger partial charge in [-0.25, -0.2) is 0 Å². The van der Waals surface area contributed by atoms with Gasteiger partial charge in [0.2, 0.25) is 5.91 Å². The number of carbonyl (C=O) groups is 2. The molecular formula is C16H24N2O3. The average molecular weight is 292 g/mol. The monoisotopic (exact) mass is 292 g/mol. The first-order valence-corrected chi connectivity index (χ1v) is 7.29. The molecule has 116 valence electrons. The standard InChI is InChI=1S/C16H24N2O3/c1-3-16(4-2,11-17)15(21)18-13-7-5-6-12(10-13)8-9-14(19)20/h5-7,10H,3-4,8-9,11,17H2,1-2H3,(H,18,21)(H,19,20). The Morgan fingerprint density at radius 2 is 1.95 bits per heavy atom. The second-order valence-corrected chi connectivity index (χ2v) is 5.24. The van der Waals surface area contributed by atoms with Crippen LogP contribution in [0, 0.1) is 5.41 Å². The molecule has 1 rings (SSSR count). The molecular weight excluding hydrogens is 268 g/mol. The normalized spacial score (nSPS) is 11.2. The Morgan fingerprint density at radius 1 is 1.29 bits per heavy atom. The van der Waals surface area contributed by atoms with Crippen LogP contribution in [0.1, 0.15) is 38.7 Å². The van der Waals surface area contributed by atoms with E-state index in [0.717, 1.165) is 5.56 Å². The van der Waals surface area contributed by atoms with Gasteiger partial charge in [-0.2, -0.15) is 0 Å². The fourth-order valence-electron chi connectivity index (χ4n) is 2.27. The van der Waals surface area contributed by atoms with Crippen molar-refractivity contribution in [1.82, 2.24) is 0 Å². The molecule has 0 aliphatic carbocycles. The van der Waals surface area contributed by atoms with E-state index in [1.54, 1.807) is 6.07 Å². The van der Waals surface area contributed by atoms with Gasteiger partial charge in [-0.15, -0.1) is 0 Å². The summed E-state index contributed by atoms with van der Waals surface area (Å²) in [6, 6.07) is 7.28. The number of aryl methyl sites for hydroxylation is 1. The van der Waals surface area contributed by atoms with Crippen molar-refractivity contribution in [2.75, 3.05) is 11.9 Å². The summed E-state index contributed by atoms with van der Waals surface area (Å²) in [6.07, 6.45) is 1.89. The minimum absolute atomic E-state index is 0.0774. The summed E-state index contributed by atoms with van der Waals surface area (Å²) in [5.74, 6) is -0.908. The Bertz CT molecular complexity index is 488. The van der Waals surface area contributed by atoms with Crippen LogP contribution in [-0.2, 0) is 16.0 Å². The molecule has 0 aromatic heterocycles. The molecule has 1 amide bonds. The number of anilines is 1. The van der Waals surface area contributed by atoms with Crippen molar-refractivity contribution in [2.45, 2.75) is 39.5 Å². The van der Waals surface area contributed by atoms with Crippen molar-refractivity contribution in [3.63, 3.8) is 0 Å². The van der Waals surface area contributed by atoms with E-state index in [4.69, 9.17) is 10.8 Å². The number of amides is 1. The maximum Gasteiger partial charge on any atom is 0.303 e. The van der Waals surface area contributed by atoms with Crippen molar-refractivity contribution in [2.24, 2.45) is 11.1 Å². The first-order chi connectivity index (χ1) is 9.97. The van der Waals surface area contributed by atoms with Gasteiger partial charge in [-0.1, -0.05) is 26.0 Å². The van der Waals surface area contributed by atoms with Crippen LogP contribution < -0.4 is 11.1 Å². The Morgan fingerprint density at radius 3 is 2.48 bits per heavy atom. The summed E-state index contributed by atoms with van der Waals surface area (Å²) in [5.41, 5.74) is 6.80. The zero-order valence-electron chi connectivity index (χ0n) is 12.7. The van der Waals surface area contributed by atoms with Crippen LogP contribution in [-0.4, -0.2) is 23.5 Å². The number of nitrogens with two attached hydrogens (primary N) is 1. The Kier molecular flexibility index (Phi) is 6.37. The van der Waals surface area contributed by atoms with Gasteiger partial charge in [0, 0.05) is 18.7 Å². The molecule has 4 N–H and O–H groups in total. The lowest BCUT2D eigenvalue weighted by molar-refractivity contribution is -0.137. The highest BCUT2D eigenvalue weighted by molar-refractivity contribution is 5.95. The quantitative estimate of drug-likeness (QED) is 0.686. The van der Waals surface area contributed by atoms with E-state index >= 15 is 0 Å². The lowest BCUT2D eigenvalue weighted by Gasteiger charge is -2.28. The molecule has 0 atom stereocenters. The van der Waals surface area contributed by atoms with Crippen LogP contribution >= 0.6 is 0 Å². The molecule has 0 aliphatic rings. The number of nitrogens with one attached hydrogen (secondary N) is 1. The SMILES string of the molecule is CCC(CC)(CN)C(=O)Nc1cccc(CCC(=O)O)c1. The first-order valence-electron chi connectivity index (χ1n) is 7.29. The van der Waals surface area contributed by atoms with E-state index in [0.29, 0.717) is 31.5 Å². The van der Waals surface area contributed by atoms with E-state index in [9.17, 15) is 9.59 Å². The van der Waals surface area contributed by atoms with Gasteiger partial charge >= 0.3 is 5.97 Å². The Balaban J connectivity index is 2.80. The number of carboxylic acid groups (broad SMARTS) is 1. The summed E-state index contributed by atoms with van der Waals surface area (Å²) in [6.45, 7) is 4.23. The highest BCUT2D eigenvalue weighted by Crippen LogP contribution is 2.27. The number of aliphatic carboxylic acids is 1. The van der Waals surface area contributed by atoms with E-state index < -0.39 is 11.4 Å². The average Bonchev–Trinajstić information content (AvgIpc) is 2.48. The van der Waals surface area contributed by atoms with Crippen molar-refractivity contribution in [3.05, 3.63) is 29.8 Å². The third kappa shape index (κ3) is 4.56. The fraction of sp³-hybridized carbons (Fsp3) is 0.500. The van der Waals surface area contributed by atoms with Crippen LogP contribution in [0.15, 0.2) is 24.3 Å². The van der Waals surface area contributed by atoms with Crippen molar-refractivity contribution in [3.8, 4) is 0 Å². The zero-order valence-corrected chi connectivity index (χ0v) is 12.7. The van der Waals surface area contributed by atoms with Gasteiger partial charge < -0.3 is 16.2 Å². The van der Waals surface area contributed by atoms with Crippen LogP contribution in [0.2, 0.25) is 0 Å². The van der Waals surface area contributed by atoms with Gasteiger partial charge in [0.15, 0.2) is 0 Å². The highest BCUT2D eigenvalue weighted by Gasteiger charge is 2.33. The zero-order chi connectivity index (χ0) is 15.9. The van der Waals surface area contributed by atoms with Gasteiger partial charge in [0.05, 0.1) is 5.41 Å². The summed E-state index contributed by atoms with van der Waals surface area (Å²) in [7, 11) is 0. The molecule has 1 aromatic carbocycles. The Labute approximate surface area is 125 Å². The van der Waals surface area contributed by atoms with E-state index in [1.807, 2.05) is 32.0 Å². The number of carboxylic acids is 1. The summed E-state index contributed by atoms with van der Waals surface area (Å²) >= 11 is 0. The first kappa shape index (κ1) is 17.2. The van der Waals surface area contributed by atoms with Gasteiger partial charge in [0.1, 0.15) is 0 Å². The maximum absolute atomic E-state index is 12.4. The minimum Gasteiger partial charge on any atom is -0.481 e. The van der Waals surface area contributed by atoms with Crippen molar-refractivity contribution >= 4 is 17.6 Å². The summed E-state index contributed by atoms with van der Waals surface area (Å²) < 4.78 is 0. The second kappa shape index (κ2) is 7.78. The number of carbonyl (C=O) groups excluding carboxylic acids is 1. The van der Waals surface area contributed by atoms with Crippen molar-refractivity contribution in [1.29, 1.82) is 0 Å². The van der Waals surface area contributed by atoms with E-state index in [-0.39, 0.29) is 12.3 Å². The number of benzene rings is 1. The molecule has 0 unspecified atom stereocenters. The molecule has 0 fully saturated rings. The molecule has 0 heterocycles. The molecule has 0 aliphatic heterocycles. The number of hydrogen-bond donors (Lipinski definition) is 3. The molecule has 5 nitrogen and oxygen atoms in total. The van der Waals surface area contributed by atoms with E-state index in [2.05, 4.69) is 5.32 Å². The smallest absolute Gasteiger partial charge is 0.303 e. The molecule has 0 spiro atoms. The third-order valence-electron chi connectivity index (χ3n) is 4.04. The predicted octanol–water partition coefficient (Wildman–Crippen LogP) is 2.41. The van der Waals surface area contributed by atoms with Crippen molar-refractivity contribution < 1.29 is 14.7 Å². The number of rotatable bonds is 8. The van der Waals surface area contributed by atoms with Gasteiger partial charge in [0.25, 0.3) is 0 Å². The van der Waals surface area contributed by atoms with Crippen LogP contribution in [0.4, 0.5) is 5.69 Å². The van der Waals surface area contributed by atoms with Crippen LogP contribution in [0.25, 0.3) is 0 Å². The minimum atomic E-state index is -0.830. The molecule has 5 heteroatoms. The molecule has 1 aromatic rings. The second-order valence-electron chi connectivity index (χ2n) is 5.24. The molecule has 0 saturated heterocycles. The van der Waals surface area contributed by atoms with Crippen LogP contribution in [0.3, 0.4) is 0 Å². The maximum atomic E-state index is 12.4. The molecule has 21 heavy (non-hydrogen) atoms. The van der Waals surface area contributed by atoms with E-state index in [1.165, 1.54) is 0 Å². The van der Waals surface area contributed by atoms with Crippen LogP contribution in [0.5, 0.6) is 0 Å². The summed E-state index contributed by atoms with van der Waals surface area (Å²) in [5, 5.41) is 11.6. The molecule has 0 saturated carbocycles. The predicted molar refractivity (Wildman–Crippen MR) is 83.1 cm³/mol. The highest BCUT2D eigenvalue weighted by atomic mass is 16.4. The number of hydrogen-bond acceptors (Lipinski definition) is 3. The topological polar surface area (TPSA) is 92.4 Å². The largest absolute Gasteiger partial charge is 0.481 e. The third-order valence-corrected chi connectivity index (χ3v) is 4.04. The fourth-order valence-corrected chi connectivity index (χ4v) is 2.27. The lowest BCUT2D eigenvalue weighted by atomic mass is 9.81. The Hall–Kier alpha value is -1.88. The molecule has 0 bridgehead atoms. The van der Waals surface area contributed by atoms with Gasteiger partial charge in [-0.05, 0) is 37.0 Å². The summed E-state index contributed by atoms with van der Waals surface area (Å²) in [4.78, 5) is 23.0.